The molecule has 1 atom stereocenters. The van der Waals surface area contributed by atoms with Crippen molar-refractivity contribution in [2.24, 2.45) is 0 Å². The summed E-state index contributed by atoms with van der Waals surface area (Å²) in [6, 6.07) is 16.1. The molecule has 23 heavy (non-hydrogen) atoms. The van der Waals surface area contributed by atoms with Gasteiger partial charge in [-0.2, -0.15) is 5.26 Å². The third-order valence-corrected chi connectivity index (χ3v) is 3.53. The Bertz CT molecular complexity index is 722. The van der Waals surface area contributed by atoms with Crippen molar-refractivity contribution >= 4 is 5.91 Å². The number of benzene rings is 2. The lowest BCUT2D eigenvalue weighted by Crippen LogP contribution is -2.33. The molecule has 0 bridgehead atoms. The number of phenols is 1. The molecule has 0 saturated heterocycles. The van der Waals surface area contributed by atoms with Crippen LogP contribution in [0.4, 0.5) is 0 Å². The van der Waals surface area contributed by atoms with Crippen LogP contribution in [0.15, 0.2) is 48.5 Å². The Morgan fingerprint density at radius 3 is 2.74 bits per heavy atom. The molecule has 0 unspecified atom stereocenters. The molecule has 0 saturated carbocycles. The van der Waals surface area contributed by atoms with Crippen LogP contribution in [0.1, 0.15) is 34.5 Å². The SMILES string of the molecule is C[C@H](NCCNC(=O)c1ccccc1O)c1cccc(C#N)c1. The number of carbonyl (C=O) groups is 1. The van der Waals surface area contributed by atoms with Crippen molar-refractivity contribution in [1.82, 2.24) is 10.6 Å². The van der Waals surface area contributed by atoms with E-state index in [0.717, 1.165) is 5.56 Å². The molecule has 2 aromatic carbocycles. The van der Waals surface area contributed by atoms with Crippen LogP contribution in [-0.4, -0.2) is 24.1 Å². The summed E-state index contributed by atoms with van der Waals surface area (Å²) in [5, 5.41) is 24.6. The van der Waals surface area contributed by atoms with E-state index in [1.807, 2.05) is 25.1 Å². The van der Waals surface area contributed by atoms with Crippen molar-refractivity contribution in [2.45, 2.75) is 13.0 Å². The van der Waals surface area contributed by atoms with E-state index < -0.39 is 0 Å². The Hall–Kier alpha value is -2.84. The van der Waals surface area contributed by atoms with Crippen LogP contribution < -0.4 is 10.6 Å². The number of nitriles is 1. The highest BCUT2D eigenvalue weighted by molar-refractivity contribution is 5.96. The number of para-hydroxylation sites is 1. The summed E-state index contributed by atoms with van der Waals surface area (Å²) in [4.78, 5) is 11.9. The molecule has 0 aromatic heterocycles. The molecule has 2 rings (SSSR count). The smallest absolute Gasteiger partial charge is 0.255 e. The fraction of sp³-hybridized carbons (Fsp3) is 0.222. The minimum atomic E-state index is -0.302. The van der Waals surface area contributed by atoms with Gasteiger partial charge in [-0.15, -0.1) is 0 Å². The molecule has 1 amide bonds. The minimum absolute atomic E-state index is 0.0281. The van der Waals surface area contributed by atoms with Gasteiger partial charge in [-0.1, -0.05) is 24.3 Å². The normalized spacial score (nSPS) is 11.5. The summed E-state index contributed by atoms with van der Waals surface area (Å²) in [5.41, 5.74) is 1.92. The quantitative estimate of drug-likeness (QED) is 0.715. The fourth-order valence-corrected chi connectivity index (χ4v) is 2.22. The summed E-state index contributed by atoms with van der Waals surface area (Å²) in [5.74, 6) is -0.330. The van der Waals surface area contributed by atoms with Gasteiger partial charge in [0.1, 0.15) is 5.75 Å². The number of carbonyl (C=O) groups excluding carboxylic acids is 1. The molecule has 0 aliphatic rings. The summed E-state index contributed by atoms with van der Waals surface area (Å²) in [6.45, 7) is 3.02. The number of hydrogen-bond donors (Lipinski definition) is 3. The number of phenolic OH excluding ortho intramolecular Hbond substituents is 1. The molecular weight excluding hydrogens is 290 g/mol. The molecule has 2 aromatic rings. The van der Waals surface area contributed by atoms with Gasteiger partial charge in [0, 0.05) is 19.1 Å². The Balaban J connectivity index is 1.80. The highest BCUT2D eigenvalue weighted by Crippen LogP contribution is 2.15. The molecule has 0 radical (unpaired) electrons. The highest BCUT2D eigenvalue weighted by Gasteiger charge is 2.10. The largest absolute Gasteiger partial charge is 0.507 e. The molecule has 5 heteroatoms. The van der Waals surface area contributed by atoms with E-state index in [-0.39, 0.29) is 23.3 Å². The Morgan fingerprint density at radius 2 is 2.00 bits per heavy atom. The molecule has 0 aliphatic heterocycles. The summed E-state index contributed by atoms with van der Waals surface area (Å²) < 4.78 is 0. The minimum Gasteiger partial charge on any atom is -0.507 e. The highest BCUT2D eigenvalue weighted by atomic mass is 16.3. The molecular formula is C18H19N3O2. The predicted molar refractivity (Wildman–Crippen MR) is 88.0 cm³/mol. The van der Waals surface area contributed by atoms with Crippen LogP contribution in [0.2, 0.25) is 0 Å². The maximum absolute atomic E-state index is 11.9. The maximum Gasteiger partial charge on any atom is 0.255 e. The first-order chi connectivity index (χ1) is 11.1. The van der Waals surface area contributed by atoms with E-state index in [9.17, 15) is 9.90 Å². The van der Waals surface area contributed by atoms with Gasteiger partial charge in [-0.3, -0.25) is 4.79 Å². The third kappa shape index (κ3) is 4.56. The fourth-order valence-electron chi connectivity index (χ4n) is 2.22. The molecule has 0 heterocycles. The van der Waals surface area contributed by atoms with Crippen molar-refractivity contribution in [3.05, 3.63) is 65.2 Å². The topological polar surface area (TPSA) is 85.2 Å². The van der Waals surface area contributed by atoms with E-state index in [1.165, 1.54) is 6.07 Å². The van der Waals surface area contributed by atoms with Crippen molar-refractivity contribution in [2.75, 3.05) is 13.1 Å². The monoisotopic (exact) mass is 309 g/mol. The van der Waals surface area contributed by atoms with Gasteiger partial charge in [0.15, 0.2) is 0 Å². The number of nitrogens with zero attached hydrogens (tertiary/aromatic N) is 1. The van der Waals surface area contributed by atoms with Gasteiger partial charge >= 0.3 is 0 Å². The molecule has 5 nitrogen and oxygen atoms in total. The summed E-state index contributed by atoms with van der Waals surface area (Å²) in [6.07, 6.45) is 0. The lowest BCUT2D eigenvalue weighted by molar-refractivity contribution is 0.0951. The van der Waals surface area contributed by atoms with Crippen LogP contribution in [0, 0.1) is 11.3 Å². The number of aromatic hydroxyl groups is 1. The average Bonchev–Trinajstić information content (AvgIpc) is 2.58. The zero-order chi connectivity index (χ0) is 16.7. The van der Waals surface area contributed by atoms with Gasteiger partial charge in [0.05, 0.1) is 17.2 Å². The van der Waals surface area contributed by atoms with Crippen LogP contribution in [0.5, 0.6) is 5.75 Å². The maximum atomic E-state index is 11.9. The Kier molecular flexibility index (Phi) is 5.73. The van der Waals surface area contributed by atoms with Crippen molar-refractivity contribution in [1.29, 1.82) is 5.26 Å². The van der Waals surface area contributed by atoms with Crippen molar-refractivity contribution in [3.63, 3.8) is 0 Å². The average molecular weight is 309 g/mol. The number of rotatable bonds is 6. The lowest BCUT2D eigenvalue weighted by atomic mass is 10.1. The second kappa shape index (κ2) is 7.97. The molecule has 0 spiro atoms. The van der Waals surface area contributed by atoms with Gasteiger partial charge in [-0.25, -0.2) is 0 Å². The Morgan fingerprint density at radius 1 is 1.22 bits per heavy atom. The van der Waals surface area contributed by atoms with E-state index >= 15 is 0 Å². The van der Waals surface area contributed by atoms with Gasteiger partial charge in [-0.05, 0) is 36.8 Å². The lowest BCUT2D eigenvalue weighted by Gasteiger charge is -2.15. The van der Waals surface area contributed by atoms with Crippen molar-refractivity contribution < 1.29 is 9.90 Å². The van der Waals surface area contributed by atoms with Gasteiger partial charge in [0.25, 0.3) is 5.91 Å². The van der Waals surface area contributed by atoms with E-state index in [0.29, 0.717) is 18.7 Å². The van der Waals surface area contributed by atoms with E-state index in [1.54, 1.807) is 24.3 Å². The first-order valence-electron chi connectivity index (χ1n) is 7.41. The third-order valence-electron chi connectivity index (χ3n) is 3.53. The summed E-state index contributed by atoms with van der Waals surface area (Å²) in [7, 11) is 0. The van der Waals surface area contributed by atoms with Crippen molar-refractivity contribution in [3.8, 4) is 11.8 Å². The predicted octanol–water partition coefficient (Wildman–Crippen LogP) is 2.34. The number of hydrogen-bond acceptors (Lipinski definition) is 4. The van der Waals surface area contributed by atoms with Crippen LogP contribution in [-0.2, 0) is 0 Å². The molecule has 3 N–H and O–H groups in total. The summed E-state index contributed by atoms with van der Waals surface area (Å²) >= 11 is 0. The first-order valence-corrected chi connectivity index (χ1v) is 7.41. The molecule has 0 aliphatic carbocycles. The number of amides is 1. The number of nitrogens with one attached hydrogen (secondary N) is 2. The van der Waals surface area contributed by atoms with E-state index in [2.05, 4.69) is 16.7 Å². The second-order valence-corrected chi connectivity index (χ2v) is 5.19. The standard InChI is InChI=1S/C18H19N3O2/c1-13(15-6-4-5-14(11-15)12-19)20-9-10-21-18(23)16-7-2-3-8-17(16)22/h2-8,11,13,20,22H,9-10H2,1H3,(H,21,23)/t13-/m0/s1. The molecule has 118 valence electrons. The van der Waals surface area contributed by atoms with Crippen LogP contribution >= 0.6 is 0 Å². The van der Waals surface area contributed by atoms with E-state index in [4.69, 9.17) is 5.26 Å². The van der Waals surface area contributed by atoms with Gasteiger partial charge in [0.2, 0.25) is 0 Å². The first kappa shape index (κ1) is 16.5. The van der Waals surface area contributed by atoms with Gasteiger partial charge < -0.3 is 15.7 Å². The second-order valence-electron chi connectivity index (χ2n) is 5.19. The molecule has 0 fully saturated rings. The van der Waals surface area contributed by atoms with Crippen LogP contribution in [0.3, 0.4) is 0 Å². The Labute approximate surface area is 135 Å². The zero-order valence-corrected chi connectivity index (χ0v) is 12.9. The zero-order valence-electron chi connectivity index (χ0n) is 12.9. The van der Waals surface area contributed by atoms with Crippen LogP contribution in [0.25, 0.3) is 0 Å².